The fourth-order valence-corrected chi connectivity index (χ4v) is 1.90. The molecular formula is C13H22N4O4. The number of methoxy groups -OCH3 is 1. The topological polar surface area (TPSA) is 105 Å². The largest absolute Gasteiger partial charge is 0.480 e. The average Bonchev–Trinajstić information content (AvgIpc) is 2.89. The Hall–Kier alpha value is -2.09. The number of anilines is 1. The van der Waals surface area contributed by atoms with Gasteiger partial charge in [0.1, 0.15) is 5.54 Å². The Bertz CT molecular complexity index is 482. The summed E-state index contributed by atoms with van der Waals surface area (Å²) in [5, 5.41) is 18.4. The summed E-state index contributed by atoms with van der Waals surface area (Å²) in [6.07, 6.45) is 3.76. The third kappa shape index (κ3) is 4.45. The number of nitrogens with one attached hydrogen (secondary N) is 2. The zero-order chi connectivity index (χ0) is 15.9. The van der Waals surface area contributed by atoms with E-state index in [0.29, 0.717) is 31.7 Å². The molecule has 0 unspecified atom stereocenters. The van der Waals surface area contributed by atoms with Gasteiger partial charge >= 0.3 is 12.0 Å². The molecule has 0 spiro atoms. The van der Waals surface area contributed by atoms with Crippen LogP contribution >= 0.6 is 0 Å². The Morgan fingerprint density at radius 1 is 1.43 bits per heavy atom. The van der Waals surface area contributed by atoms with Gasteiger partial charge in [-0.3, -0.25) is 4.68 Å². The number of carboxylic acid groups (broad SMARTS) is 1. The first kappa shape index (κ1) is 17.0. The lowest BCUT2D eigenvalue weighted by Gasteiger charge is -2.27. The van der Waals surface area contributed by atoms with E-state index in [0.717, 1.165) is 0 Å². The third-order valence-corrected chi connectivity index (χ3v) is 3.38. The van der Waals surface area contributed by atoms with Gasteiger partial charge in [0.05, 0.1) is 25.0 Å². The summed E-state index contributed by atoms with van der Waals surface area (Å²) in [7, 11) is 1.59. The quantitative estimate of drug-likeness (QED) is 0.670. The third-order valence-electron chi connectivity index (χ3n) is 3.38. The standard InChI is InChI=1S/C13H22N4O4/c1-4-13(5-2,11(18)19)16-12(20)15-10-8-14-17(9-10)6-7-21-3/h8-9H,4-7H2,1-3H3,(H,18,19)(H2,15,16,20). The first-order valence-electron chi connectivity index (χ1n) is 6.81. The van der Waals surface area contributed by atoms with Crippen LogP contribution in [0.1, 0.15) is 26.7 Å². The molecule has 0 radical (unpaired) electrons. The lowest BCUT2D eigenvalue weighted by atomic mass is 9.93. The molecule has 0 bridgehead atoms. The molecule has 0 fully saturated rings. The number of hydrogen-bond acceptors (Lipinski definition) is 4. The normalized spacial score (nSPS) is 11.2. The zero-order valence-corrected chi connectivity index (χ0v) is 12.5. The van der Waals surface area contributed by atoms with Crippen LogP contribution < -0.4 is 10.6 Å². The summed E-state index contributed by atoms with van der Waals surface area (Å²) < 4.78 is 6.56. The number of carboxylic acids is 1. The highest BCUT2D eigenvalue weighted by molar-refractivity contribution is 5.93. The molecule has 0 saturated heterocycles. The average molecular weight is 298 g/mol. The molecule has 1 heterocycles. The van der Waals surface area contributed by atoms with E-state index in [2.05, 4.69) is 15.7 Å². The van der Waals surface area contributed by atoms with Gasteiger partial charge in [0, 0.05) is 13.3 Å². The Kier molecular flexibility index (Phi) is 6.16. The van der Waals surface area contributed by atoms with Crippen molar-refractivity contribution in [2.24, 2.45) is 0 Å². The van der Waals surface area contributed by atoms with Crippen molar-refractivity contribution in [1.82, 2.24) is 15.1 Å². The number of hydrogen-bond donors (Lipinski definition) is 3. The number of carbonyl (C=O) groups excluding carboxylic acids is 1. The number of ether oxygens (including phenoxy) is 1. The van der Waals surface area contributed by atoms with Crippen LogP contribution in [0.15, 0.2) is 12.4 Å². The Labute approximate surface area is 123 Å². The van der Waals surface area contributed by atoms with E-state index in [1.807, 2.05) is 0 Å². The van der Waals surface area contributed by atoms with Crippen LogP contribution in [0, 0.1) is 0 Å². The van der Waals surface area contributed by atoms with Crippen molar-refractivity contribution in [3.63, 3.8) is 0 Å². The van der Waals surface area contributed by atoms with Crippen LogP contribution in [-0.4, -0.2) is 46.1 Å². The number of nitrogens with zero attached hydrogens (tertiary/aromatic N) is 2. The first-order chi connectivity index (χ1) is 9.97. The lowest BCUT2D eigenvalue weighted by molar-refractivity contribution is -0.144. The van der Waals surface area contributed by atoms with E-state index in [4.69, 9.17) is 4.74 Å². The molecule has 1 rings (SSSR count). The summed E-state index contributed by atoms with van der Waals surface area (Å²) in [5.74, 6) is -1.04. The van der Waals surface area contributed by atoms with Crippen LogP contribution in [0.3, 0.4) is 0 Å². The molecule has 0 saturated carbocycles. The van der Waals surface area contributed by atoms with E-state index in [-0.39, 0.29) is 0 Å². The van der Waals surface area contributed by atoms with Gasteiger partial charge in [0.2, 0.25) is 0 Å². The fraction of sp³-hybridized carbons (Fsp3) is 0.615. The van der Waals surface area contributed by atoms with E-state index >= 15 is 0 Å². The maximum absolute atomic E-state index is 11.9. The molecule has 3 N–H and O–H groups in total. The van der Waals surface area contributed by atoms with Crippen LogP contribution in [0.4, 0.5) is 10.5 Å². The number of amides is 2. The second kappa shape index (κ2) is 7.63. The molecule has 21 heavy (non-hydrogen) atoms. The van der Waals surface area contributed by atoms with Crippen LogP contribution in [0.5, 0.6) is 0 Å². The molecule has 0 aromatic carbocycles. The van der Waals surface area contributed by atoms with Crippen molar-refractivity contribution >= 4 is 17.7 Å². The minimum atomic E-state index is -1.25. The van der Waals surface area contributed by atoms with Crippen molar-refractivity contribution in [2.75, 3.05) is 19.0 Å². The second-order valence-electron chi connectivity index (χ2n) is 4.66. The molecule has 8 nitrogen and oxygen atoms in total. The van der Waals surface area contributed by atoms with Gasteiger partial charge in [-0.15, -0.1) is 0 Å². The number of rotatable bonds is 8. The fourth-order valence-electron chi connectivity index (χ4n) is 1.90. The first-order valence-corrected chi connectivity index (χ1v) is 6.81. The minimum absolute atomic E-state index is 0.305. The van der Waals surface area contributed by atoms with Gasteiger partial charge in [-0.2, -0.15) is 5.10 Å². The van der Waals surface area contributed by atoms with E-state index in [1.54, 1.807) is 31.8 Å². The van der Waals surface area contributed by atoms with Crippen LogP contribution in [0.2, 0.25) is 0 Å². The number of urea groups is 1. The van der Waals surface area contributed by atoms with Gasteiger partial charge in [0.25, 0.3) is 0 Å². The molecular weight excluding hydrogens is 276 g/mol. The van der Waals surface area contributed by atoms with Crippen LogP contribution in [0.25, 0.3) is 0 Å². The smallest absolute Gasteiger partial charge is 0.329 e. The Morgan fingerprint density at radius 3 is 2.62 bits per heavy atom. The van der Waals surface area contributed by atoms with Crippen molar-refractivity contribution in [2.45, 2.75) is 38.8 Å². The molecule has 118 valence electrons. The van der Waals surface area contributed by atoms with Gasteiger partial charge in [0.15, 0.2) is 0 Å². The van der Waals surface area contributed by atoms with Gasteiger partial charge in [-0.25, -0.2) is 9.59 Å². The molecule has 0 aliphatic heterocycles. The SMILES string of the molecule is CCC(CC)(NC(=O)Nc1cnn(CCOC)c1)C(=O)O. The van der Waals surface area contributed by atoms with Gasteiger partial charge in [-0.1, -0.05) is 13.8 Å². The maximum atomic E-state index is 11.9. The van der Waals surface area contributed by atoms with Crippen LogP contribution in [-0.2, 0) is 16.1 Å². The highest BCUT2D eigenvalue weighted by Crippen LogP contribution is 2.16. The number of carbonyl (C=O) groups is 2. The minimum Gasteiger partial charge on any atom is -0.480 e. The summed E-state index contributed by atoms with van der Waals surface area (Å²) in [6.45, 7) is 4.53. The summed E-state index contributed by atoms with van der Waals surface area (Å²) >= 11 is 0. The number of aliphatic carboxylic acids is 1. The summed E-state index contributed by atoms with van der Waals surface area (Å²) in [5.41, 5.74) is -0.758. The molecule has 0 atom stereocenters. The highest BCUT2D eigenvalue weighted by atomic mass is 16.5. The molecule has 0 aliphatic carbocycles. The van der Waals surface area contributed by atoms with Crippen molar-refractivity contribution < 1.29 is 19.4 Å². The van der Waals surface area contributed by atoms with E-state index < -0.39 is 17.5 Å². The molecule has 0 aliphatic rings. The molecule has 2 amide bonds. The summed E-state index contributed by atoms with van der Waals surface area (Å²) in [6, 6.07) is -0.563. The lowest BCUT2D eigenvalue weighted by Crippen LogP contribution is -2.54. The molecule has 8 heteroatoms. The highest BCUT2D eigenvalue weighted by Gasteiger charge is 2.36. The second-order valence-corrected chi connectivity index (χ2v) is 4.66. The van der Waals surface area contributed by atoms with E-state index in [1.165, 1.54) is 6.20 Å². The Balaban J connectivity index is 2.64. The number of aromatic nitrogens is 2. The Morgan fingerprint density at radius 2 is 2.10 bits per heavy atom. The predicted octanol–water partition coefficient (Wildman–Crippen LogP) is 1.29. The predicted molar refractivity (Wildman–Crippen MR) is 77.2 cm³/mol. The van der Waals surface area contributed by atoms with Crippen molar-refractivity contribution in [1.29, 1.82) is 0 Å². The van der Waals surface area contributed by atoms with Gasteiger partial charge in [-0.05, 0) is 12.8 Å². The van der Waals surface area contributed by atoms with E-state index in [9.17, 15) is 14.7 Å². The zero-order valence-electron chi connectivity index (χ0n) is 12.5. The molecule has 1 aromatic rings. The van der Waals surface area contributed by atoms with Crippen molar-refractivity contribution in [3.05, 3.63) is 12.4 Å². The van der Waals surface area contributed by atoms with Gasteiger partial charge < -0.3 is 20.5 Å². The summed E-state index contributed by atoms with van der Waals surface area (Å²) in [4.78, 5) is 23.2. The monoisotopic (exact) mass is 298 g/mol. The van der Waals surface area contributed by atoms with Crippen molar-refractivity contribution in [3.8, 4) is 0 Å². The maximum Gasteiger partial charge on any atom is 0.329 e. The molecule has 1 aromatic heterocycles.